The minimum absolute atomic E-state index is 0.0273. The molecule has 0 aliphatic carbocycles. The number of hydrogen-bond donors (Lipinski definition) is 2. The summed E-state index contributed by atoms with van der Waals surface area (Å²) in [5.74, 6) is -0.829. The third-order valence-electron chi connectivity index (χ3n) is 1.89. The molecule has 0 aromatic carbocycles. The van der Waals surface area contributed by atoms with Crippen LogP contribution in [0.25, 0.3) is 5.82 Å². The maximum Gasteiger partial charge on any atom is 0.339 e. The third-order valence-corrected chi connectivity index (χ3v) is 2.44. The van der Waals surface area contributed by atoms with Crippen molar-refractivity contribution < 1.29 is 9.90 Å². The van der Waals surface area contributed by atoms with E-state index in [2.05, 4.69) is 32.7 Å². The van der Waals surface area contributed by atoms with Crippen LogP contribution in [-0.4, -0.2) is 25.8 Å². The Balaban J connectivity index is 2.60. The highest BCUT2D eigenvalue weighted by Gasteiger charge is 2.14. The fourth-order valence-electron chi connectivity index (χ4n) is 1.23. The second-order valence-corrected chi connectivity index (χ2v) is 4.29. The topological polar surface area (TPSA) is 94.0 Å². The van der Waals surface area contributed by atoms with E-state index in [1.54, 1.807) is 12.4 Å². The lowest BCUT2D eigenvalue weighted by Gasteiger charge is -2.05. The predicted octanol–water partition coefficient (Wildman–Crippen LogP) is 1.15. The average Bonchev–Trinajstić information content (AvgIpc) is 2.64. The molecule has 0 radical (unpaired) electrons. The van der Waals surface area contributed by atoms with Gasteiger partial charge in [-0.25, -0.2) is 14.5 Å². The zero-order chi connectivity index (χ0) is 11.7. The lowest BCUT2D eigenvalue weighted by atomic mass is 10.2. The maximum absolute atomic E-state index is 11.0. The zero-order valence-corrected chi connectivity index (χ0v) is 10.1. The molecule has 2 heterocycles. The van der Waals surface area contributed by atoms with E-state index >= 15 is 0 Å². The summed E-state index contributed by atoms with van der Waals surface area (Å²) in [7, 11) is 0. The molecule has 0 atom stereocenters. The van der Waals surface area contributed by atoms with Gasteiger partial charge in [-0.1, -0.05) is 0 Å². The highest BCUT2D eigenvalue weighted by molar-refractivity contribution is 14.1. The van der Waals surface area contributed by atoms with Crippen LogP contribution in [0.4, 0.5) is 5.69 Å². The number of nitrogen functional groups attached to an aromatic ring is 1. The Morgan fingerprint density at radius 1 is 1.50 bits per heavy atom. The summed E-state index contributed by atoms with van der Waals surface area (Å²) in [6.45, 7) is 0. The molecule has 2 aromatic heterocycles. The summed E-state index contributed by atoms with van der Waals surface area (Å²) < 4.78 is 2.30. The van der Waals surface area contributed by atoms with Crippen molar-refractivity contribution in [3.05, 3.63) is 33.8 Å². The summed E-state index contributed by atoms with van der Waals surface area (Å²) in [4.78, 5) is 15.0. The molecule has 7 heteroatoms. The van der Waals surface area contributed by atoms with Gasteiger partial charge in [0.05, 0.1) is 21.7 Å². The fourth-order valence-corrected chi connectivity index (χ4v) is 1.62. The van der Waals surface area contributed by atoms with Crippen LogP contribution in [0.15, 0.2) is 24.7 Å². The summed E-state index contributed by atoms with van der Waals surface area (Å²) in [5.41, 5.74) is 5.83. The van der Waals surface area contributed by atoms with Crippen molar-refractivity contribution in [2.45, 2.75) is 0 Å². The summed E-state index contributed by atoms with van der Waals surface area (Å²) in [5, 5.41) is 13.0. The lowest BCUT2D eigenvalue weighted by Crippen LogP contribution is -2.09. The number of rotatable bonds is 2. The number of aromatic carboxylic acids is 1. The Morgan fingerprint density at radius 2 is 2.25 bits per heavy atom. The van der Waals surface area contributed by atoms with Crippen LogP contribution in [-0.2, 0) is 0 Å². The smallest absolute Gasteiger partial charge is 0.339 e. The normalized spacial score (nSPS) is 10.3. The van der Waals surface area contributed by atoms with Crippen molar-refractivity contribution in [1.82, 2.24) is 14.8 Å². The van der Waals surface area contributed by atoms with Crippen LogP contribution in [0.2, 0.25) is 0 Å². The molecule has 2 aromatic rings. The molecule has 0 saturated heterocycles. The molecule has 6 nitrogen and oxygen atoms in total. The Bertz CT molecular complexity index is 552. The first-order valence-corrected chi connectivity index (χ1v) is 5.35. The minimum Gasteiger partial charge on any atom is -0.478 e. The molecule has 82 valence electrons. The SMILES string of the molecule is Nc1cnc(-n2cc(I)cn2)c(C(=O)O)c1. The van der Waals surface area contributed by atoms with E-state index in [4.69, 9.17) is 10.8 Å². The highest BCUT2D eigenvalue weighted by Crippen LogP contribution is 2.15. The first-order valence-electron chi connectivity index (χ1n) is 4.27. The Kier molecular flexibility index (Phi) is 2.77. The van der Waals surface area contributed by atoms with E-state index in [9.17, 15) is 4.79 Å². The van der Waals surface area contributed by atoms with Gasteiger partial charge in [-0.05, 0) is 28.7 Å². The quantitative estimate of drug-likeness (QED) is 0.806. The van der Waals surface area contributed by atoms with Crippen molar-refractivity contribution in [1.29, 1.82) is 0 Å². The van der Waals surface area contributed by atoms with Crippen molar-refractivity contribution in [3.8, 4) is 5.82 Å². The van der Waals surface area contributed by atoms with Crippen LogP contribution in [0, 0.1) is 3.57 Å². The summed E-state index contributed by atoms with van der Waals surface area (Å²) in [6, 6.07) is 1.36. The number of carbonyl (C=O) groups is 1. The summed E-state index contributed by atoms with van der Waals surface area (Å²) >= 11 is 2.08. The van der Waals surface area contributed by atoms with Gasteiger partial charge in [-0.2, -0.15) is 5.10 Å². The number of nitrogens with two attached hydrogens (primary N) is 1. The molecule has 0 amide bonds. The third kappa shape index (κ3) is 1.98. The van der Waals surface area contributed by atoms with Gasteiger partial charge < -0.3 is 10.8 Å². The maximum atomic E-state index is 11.0. The van der Waals surface area contributed by atoms with E-state index in [1.165, 1.54) is 16.9 Å². The number of carboxylic acid groups (broad SMARTS) is 1. The Hall–Kier alpha value is -1.64. The summed E-state index contributed by atoms with van der Waals surface area (Å²) in [6.07, 6.45) is 4.70. The molecule has 0 fully saturated rings. The van der Waals surface area contributed by atoms with Gasteiger partial charge in [-0.15, -0.1) is 0 Å². The number of halogens is 1. The van der Waals surface area contributed by atoms with Crippen molar-refractivity contribution in [2.75, 3.05) is 5.73 Å². The number of anilines is 1. The van der Waals surface area contributed by atoms with Gasteiger partial charge in [0.15, 0.2) is 5.82 Å². The molecule has 0 aliphatic rings. The molecule has 0 spiro atoms. The average molecular weight is 330 g/mol. The molecule has 0 saturated carbocycles. The van der Waals surface area contributed by atoms with Gasteiger partial charge in [0.1, 0.15) is 5.56 Å². The van der Waals surface area contributed by atoms with Gasteiger partial charge in [0.2, 0.25) is 0 Å². The second-order valence-electron chi connectivity index (χ2n) is 3.05. The van der Waals surface area contributed by atoms with Gasteiger partial charge in [0, 0.05) is 6.20 Å². The molecular formula is C9H7IN4O2. The first kappa shape index (κ1) is 10.9. The van der Waals surface area contributed by atoms with Gasteiger partial charge >= 0.3 is 5.97 Å². The largest absolute Gasteiger partial charge is 0.478 e. The molecule has 0 unspecified atom stereocenters. The van der Waals surface area contributed by atoms with E-state index in [1.807, 2.05) is 0 Å². The molecule has 0 aliphatic heterocycles. The number of nitrogens with zero attached hydrogens (tertiary/aromatic N) is 3. The van der Waals surface area contributed by atoms with Crippen LogP contribution < -0.4 is 5.73 Å². The van der Waals surface area contributed by atoms with Crippen molar-refractivity contribution in [2.24, 2.45) is 0 Å². The number of aromatic nitrogens is 3. The predicted molar refractivity (Wildman–Crippen MR) is 65.4 cm³/mol. The Morgan fingerprint density at radius 3 is 2.81 bits per heavy atom. The number of carboxylic acids is 1. The van der Waals surface area contributed by atoms with Crippen molar-refractivity contribution >= 4 is 34.2 Å². The monoisotopic (exact) mass is 330 g/mol. The number of hydrogen-bond acceptors (Lipinski definition) is 4. The molecule has 2 rings (SSSR count). The van der Waals surface area contributed by atoms with Crippen LogP contribution >= 0.6 is 22.6 Å². The van der Waals surface area contributed by atoms with Gasteiger partial charge in [0.25, 0.3) is 0 Å². The molecular weight excluding hydrogens is 323 g/mol. The standard InChI is InChI=1S/C9H7IN4O2/c10-5-2-13-14(4-5)8-7(9(15)16)1-6(11)3-12-8/h1-4H,11H2,(H,15,16). The first-order chi connectivity index (χ1) is 7.58. The van der Waals surface area contributed by atoms with Crippen molar-refractivity contribution in [3.63, 3.8) is 0 Å². The van der Waals surface area contributed by atoms with E-state index in [0.717, 1.165) is 3.57 Å². The van der Waals surface area contributed by atoms with E-state index < -0.39 is 5.97 Å². The lowest BCUT2D eigenvalue weighted by molar-refractivity contribution is 0.0696. The zero-order valence-electron chi connectivity index (χ0n) is 7.96. The van der Waals surface area contributed by atoms with Gasteiger partial charge in [-0.3, -0.25) is 0 Å². The fraction of sp³-hybridized carbons (Fsp3) is 0. The molecule has 3 N–H and O–H groups in total. The van der Waals surface area contributed by atoms with Crippen LogP contribution in [0.3, 0.4) is 0 Å². The highest BCUT2D eigenvalue weighted by atomic mass is 127. The Labute approximate surface area is 104 Å². The van der Waals surface area contributed by atoms with E-state index in [-0.39, 0.29) is 11.4 Å². The second kappa shape index (κ2) is 4.08. The molecule has 0 bridgehead atoms. The van der Waals surface area contributed by atoms with Crippen LogP contribution in [0.1, 0.15) is 10.4 Å². The molecule has 16 heavy (non-hydrogen) atoms. The van der Waals surface area contributed by atoms with E-state index in [0.29, 0.717) is 5.69 Å². The van der Waals surface area contributed by atoms with Crippen LogP contribution in [0.5, 0.6) is 0 Å². The minimum atomic E-state index is -1.08. The number of pyridine rings is 1.